The monoisotopic (exact) mass is 373 g/mol. The molecule has 2 heterocycles. The van der Waals surface area contributed by atoms with Crippen molar-refractivity contribution in [2.24, 2.45) is 5.92 Å². The van der Waals surface area contributed by atoms with Crippen LogP contribution in [-0.2, 0) is 6.54 Å². The highest BCUT2D eigenvalue weighted by atomic mass is 15.2. The lowest BCUT2D eigenvalue weighted by Crippen LogP contribution is -2.35. The average Bonchev–Trinajstić information content (AvgIpc) is 2.98. The Hall–Kier alpha value is -2.55. The van der Waals surface area contributed by atoms with Gasteiger partial charge in [0.1, 0.15) is 5.84 Å². The van der Waals surface area contributed by atoms with Crippen molar-refractivity contribution in [1.82, 2.24) is 9.47 Å². The maximum absolute atomic E-state index is 8.50. The summed E-state index contributed by atoms with van der Waals surface area (Å²) in [5.74, 6) is 1.22. The van der Waals surface area contributed by atoms with Crippen LogP contribution in [0.5, 0.6) is 0 Å². The van der Waals surface area contributed by atoms with Crippen molar-refractivity contribution in [2.75, 3.05) is 13.1 Å². The molecule has 0 saturated carbocycles. The van der Waals surface area contributed by atoms with Crippen LogP contribution in [0.4, 0.5) is 0 Å². The third kappa shape index (κ3) is 4.14. The number of benzene rings is 1. The Bertz CT molecular complexity index is 956. The second-order valence-corrected chi connectivity index (χ2v) is 8.05. The van der Waals surface area contributed by atoms with Gasteiger partial charge < -0.3 is 9.47 Å². The largest absolute Gasteiger partial charge is 0.357 e. The Morgan fingerprint density at radius 1 is 1.07 bits per heavy atom. The molecule has 1 fully saturated rings. The molecule has 3 heteroatoms. The van der Waals surface area contributed by atoms with E-state index in [1.54, 1.807) is 0 Å². The first-order valence-corrected chi connectivity index (χ1v) is 10.7. The number of nitrogens with one attached hydrogen (secondary N) is 1. The van der Waals surface area contributed by atoms with Gasteiger partial charge in [0.05, 0.1) is 0 Å². The highest BCUT2D eigenvalue weighted by Gasteiger charge is 2.14. The number of amidine groups is 1. The molecular weight excluding hydrogens is 342 g/mol. The number of likely N-dealkylation sites (tertiary alicyclic amines) is 1. The Morgan fingerprint density at radius 3 is 2.61 bits per heavy atom. The smallest absolute Gasteiger partial charge is 0.128 e. The lowest BCUT2D eigenvalue weighted by Gasteiger charge is -2.29. The molecule has 1 aliphatic heterocycles. The molecular formula is C25H31N3. The number of hydrogen-bond acceptors (Lipinski definition) is 1. The van der Waals surface area contributed by atoms with E-state index >= 15 is 0 Å². The average molecular weight is 374 g/mol. The summed E-state index contributed by atoms with van der Waals surface area (Å²) < 4.78 is 2.33. The number of fused-ring (bicyclic) bond motifs is 1. The molecule has 1 aliphatic carbocycles. The molecule has 2 aliphatic rings. The van der Waals surface area contributed by atoms with E-state index in [1.807, 2.05) is 0 Å². The molecule has 2 aromatic rings. The van der Waals surface area contributed by atoms with Gasteiger partial charge in [0.15, 0.2) is 0 Å². The molecule has 0 radical (unpaired) electrons. The maximum atomic E-state index is 8.50. The maximum Gasteiger partial charge on any atom is 0.128 e. The van der Waals surface area contributed by atoms with E-state index in [4.69, 9.17) is 5.41 Å². The van der Waals surface area contributed by atoms with Crippen LogP contribution in [0, 0.1) is 11.3 Å². The quantitative estimate of drug-likeness (QED) is 0.626. The molecule has 1 atom stereocenters. The molecule has 3 nitrogen and oxygen atoms in total. The van der Waals surface area contributed by atoms with Crippen molar-refractivity contribution in [3.8, 4) is 0 Å². The zero-order chi connectivity index (χ0) is 19.3. The van der Waals surface area contributed by atoms with E-state index in [1.165, 1.54) is 48.2 Å². The summed E-state index contributed by atoms with van der Waals surface area (Å²) in [7, 11) is 0. The minimum Gasteiger partial charge on any atom is -0.357 e. The van der Waals surface area contributed by atoms with Crippen LogP contribution in [-0.4, -0.2) is 28.4 Å². The van der Waals surface area contributed by atoms with Crippen molar-refractivity contribution in [3.05, 3.63) is 70.4 Å². The Labute approximate surface area is 168 Å². The predicted molar refractivity (Wildman–Crippen MR) is 118 cm³/mol. The lowest BCUT2D eigenvalue weighted by atomic mass is 10.0. The first-order valence-electron chi connectivity index (χ1n) is 10.7. The van der Waals surface area contributed by atoms with Gasteiger partial charge in [-0.05, 0) is 54.5 Å². The van der Waals surface area contributed by atoms with E-state index in [9.17, 15) is 0 Å². The molecule has 1 aromatic heterocycles. The third-order valence-electron chi connectivity index (χ3n) is 5.92. The van der Waals surface area contributed by atoms with Gasteiger partial charge in [-0.3, -0.25) is 5.41 Å². The Balaban J connectivity index is 1.50. The van der Waals surface area contributed by atoms with Crippen LogP contribution in [0.1, 0.15) is 50.2 Å². The molecule has 28 heavy (non-hydrogen) atoms. The minimum absolute atomic E-state index is 0.540. The van der Waals surface area contributed by atoms with Gasteiger partial charge in [-0.15, -0.1) is 0 Å². The molecule has 146 valence electrons. The first kappa shape index (κ1) is 18.8. The van der Waals surface area contributed by atoms with Gasteiger partial charge in [-0.1, -0.05) is 55.8 Å². The minimum atomic E-state index is 0.540. The molecule has 0 amide bonds. The topological polar surface area (TPSA) is 32.0 Å². The van der Waals surface area contributed by atoms with E-state index < -0.39 is 0 Å². The summed E-state index contributed by atoms with van der Waals surface area (Å²) in [5.41, 5.74) is 2.31. The number of aromatic nitrogens is 1. The SMILES string of the molecule is CCCC1C=CC=c2c(ccn2Cc2ccc(C(=N)N3CCCCC3)cc2)=C1. The van der Waals surface area contributed by atoms with Crippen molar-refractivity contribution in [1.29, 1.82) is 5.41 Å². The molecule has 4 rings (SSSR count). The van der Waals surface area contributed by atoms with Crippen molar-refractivity contribution in [2.45, 2.75) is 45.6 Å². The van der Waals surface area contributed by atoms with Crippen LogP contribution < -0.4 is 10.6 Å². The predicted octanol–water partition coefficient (Wildman–Crippen LogP) is 3.89. The summed E-state index contributed by atoms with van der Waals surface area (Å²) in [4.78, 5) is 2.22. The van der Waals surface area contributed by atoms with E-state index in [0.717, 1.165) is 25.2 Å². The standard InChI is InChI=1S/C25H31N3/c1-2-7-20-8-6-9-24-23(18-20)14-17-28(24)19-21-10-12-22(13-11-21)25(26)27-15-4-3-5-16-27/h6,8-14,17-18,20,26H,2-5,7,15-16,19H2,1H3. The van der Waals surface area contributed by atoms with Crippen LogP contribution in [0.15, 0.2) is 48.7 Å². The fourth-order valence-corrected chi connectivity index (χ4v) is 4.33. The van der Waals surface area contributed by atoms with Crippen LogP contribution in [0.25, 0.3) is 12.2 Å². The van der Waals surface area contributed by atoms with Gasteiger partial charge in [-0.2, -0.15) is 0 Å². The third-order valence-corrected chi connectivity index (χ3v) is 5.92. The van der Waals surface area contributed by atoms with Gasteiger partial charge in [-0.25, -0.2) is 0 Å². The van der Waals surface area contributed by atoms with E-state index in [2.05, 4.69) is 77.2 Å². The molecule has 1 N–H and O–H groups in total. The number of nitrogens with zero attached hydrogens (tertiary/aromatic N) is 2. The number of rotatable bonds is 5. The fourth-order valence-electron chi connectivity index (χ4n) is 4.33. The molecule has 1 unspecified atom stereocenters. The van der Waals surface area contributed by atoms with Gasteiger partial charge in [0.25, 0.3) is 0 Å². The second kappa shape index (κ2) is 8.64. The van der Waals surface area contributed by atoms with E-state index in [-0.39, 0.29) is 0 Å². The number of hydrogen-bond donors (Lipinski definition) is 1. The Morgan fingerprint density at radius 2 is 1.86 bits per heavy atom. The van der Waals surface area contributed by atoms with Gasteiger partial charge in [0, 0.05) is 36.7 Å². The lowest BCUT2D eigenvalue weighted by molar-refractivity contribution is 0.341. The summed E-state index contributed by atoms with van der Waals surface area (Å²) in [6.45, 7) is 5.16. The number of allylic oxidation sites excluding steroid dienone is 2. The van der Waals surface area contributed by atoms with Crippen LogP contribution >= 0.6 is 0 Å². The van der Waals surface area contributed by atoms with Gasteiger partial charge in [0.2, 0.25) is 0 Å². The highest BCUT2D eigenvalue weighted by Crippen LogP contribution is 2.14. The Kier molecular flexibility index (Phi) is 5.80. The molecule has 1 aromatic carbocycles. The summed E-state index contributed by atoms with van der Waals surface area (Å²) in [6.07, 6.45) is 17.5. The zero-order valence-corrected chi connectivity index (χ0v) is 16.9. The summed E-state index contributed by atoms with van der Waals surface area (Å²) in [5, 5.41) is 11.1. The highest BCUT2D eigenvalue weighted by molar-refractivity contribution is 5.96. The fraction of sp³-hybridized carbons (Fsp3) is 0.400. The molecule has 0 spiro atoms. The van der Waals surface area contributed by atoms with E-state index in [0.29, 0.717) is 11.8 Å². The molecule has 1 saturated heterocycles. The number of piperidine rings is 1. The van der Waals surface area contributed by atoms with Crippen molar-refractivity contribution < 1.29 is 0 Å². The zero-order valence-electron chi connectivity index (χ0n) is 16.9. The van der Waals surface area contributed by atoms with Crippen LogP contribution in [0.3, 0.4) is 0 Å². The van der Waals surface area contributed by atoms with Crippen LogP contribution in [0.2, 0.25) is 0 Å². The summed E-state index contributed by atoms with van der Waals surface area (Å²) in [6, 6.07) is 10.8. The molecule has 0 bridgehead atoms. The second-order valence-electron chi connectivity index (χ2n) is 8.05. The first-order chi connectivity index (χ1) is 13.7. The van der Waals surface area contributed by atoms with Crippen molar-refractivity contribution in [3.63, 3.8) is 0 Å². The normalized spacial score (nSPS) is 18.8. The summed E-state index contributed by atoms with van der Waals surface area (Å²) >= 11 is 0. The van der Waals surface area contributed by atoms with Crippen molar-refractivity contribution >= 4 is 18.0 Å². The van der Waals surface area contributed by atoms with Gasteiger partial charge >= 0.3 is 0 Å².